The molecule has 0 bridgehead atoms. The topological polar surface area (TPSA) is 17.8 Å². The van der Waals surface area contributed by atoms with E-state index < -0.39 is 0 Å². The van der Waals surface area contributed by atoms with Gasteiger partial charge in [-0.1, -0.05) is 0 Å². The van der Waals surface area contributed by atoms with Gasteiger partial charge in [0.05, 0.1) is 5.69 Å². The molecular weight excluding hydrogens is 156 g/mol. The average molecular weight is 165 g/mol. The van der Waals surface area contributed by atoms with Crippen LogP contribution in [0, 0.1) is 12.3 Å². The first-order chi connectivity index (χ1) is 5.33. The van der Waals surface area contributed by atoms with Gasteiger partial charge in [-0.3, -0.25) is 4.68 Å². The summed E-state index contributed by atoms with van der Waals surface area (Å²) >= 11 is 1.63. The van der Waals surface area contributed by atoms with Crippen molar-refractivity contribution in [2.24, 2.45) is 0 Å². The molecule has 11 heavy (non-hydrogen) atoms. The zero-order valence-electron chi connectivity index (χ0n) is 6.59. The van der Waals surface area contributed by atoms with E-state index in [9.17, 15) is 0 Å². The fourth-order valence-corrected chi connectivity index (χ4v) is 2.09. The first kappa shape index (κ1) is 6.85. The van der Waals surface area contributed by atoms with Crippen LogP contribution in [0.3, 0.4) is 0 Å². The van der Waals surface area contributed by atoms with E-state index in [0.29, 0.717) is 0 Å². The van der Waals surface area contributed by atoms with E-state index in [0.717, 1.165) is 12.2 Å². The van der Waals surface area contributed by atoms with Gasteiger partial charge >= 0.3 is 0 Å². The summed E-state index contributed by atoms with van der Waals surface area (Å²) in [4.78, 5) is 1.24. The van der Waals surface area contributed by atoms with E-state index in [-0.39, 0.29) is 0 Å². The van der Waals surface area contributed by atoms with Crippen molar-refractivity contribution in [1.29, 1.82) is 0 Å². The van der Waals surface area contributed by atoms with Gasteiger partial charge in [0.2, 0.25) is 0 Å². The second-order valence-corrected chi connectivity index (χ2v) is 3.31. The Bertz CT molecular complexity index is 372. The van der Waals surface area contributed by atoms with Crippen LogP contribution in [-0.4, -0.2) is 9.78 Å². The molecule has 0 aromatic carbocycles. The van der Waals surface area contributed by atoms with E-state index in [1.165, 1.54) is 10.2 Å². The van der Waals surface area contributed by atoms with E-state index in [1.54, 1.807) is 11.3 Å². The molecule has 2 aromatic rings. The number of hydrogen-bond donors (Lipinski definition) is 0. The van der Waals surface area contributed by atoms with Gasteiger partial charge in [0.1, 0.15) is 4.83 Å². The lowest BCUT2D eigenvalue weighted by atomic mass is 10.3. The summed E-state index contributed by atoms with van der Waals surface area (Å²) < 4.78 is 2.02. The van der Waals surface area contributed by atoms with Crippen molar-refractivity contribution in [2.45, 2.75) is 20.4 Å². The lowest BCUT2D eigenvalue weighted by molar-refractivity contribution is 0.680. The third-order valence-electron chi connectivity index (χ3n) is 1.78. The first-order valence-corrected chi connectivity index (χ1v) is 4.47. The normalized spacial score (nSPS) is 11.1. The molecule has 0 aliphatic heterocycles. The van der Waals surface area contributed by atoms with E-state index in [1.807, 2.05) is 17.7 Å². The van der Waals surface area contributed by atoms with Crippen molar-refractivity contribution < 1.29 is 0 Å². The summed E-state index contributed by atoms with van der Waals surface area (Å²) in [6.07, 6.45) is 0. The number of rotatable bonds is 1. The molecule has 0 atom stereocenters. The van der Waals surface area contributed by atoms with E-state index >= 15 is 0 Å². The molecule has 0 saturated heterocycles. The Hall–Kier alpha value is -0.830. The monoisotopic (exact) mass is 165 g/mol. The van der Waals surface area contributed by atoms with E-state index in [4.69, 9.17) is 0 Å². The Labute approximate surface area is 69.5 Å². The lowest BCUT2D eigenvalue weighted by Gasteiger charge is -1.92. The van der Waals surface area contributed by atoms with Crippen molar-refractivity contribution in [3.05, 3.63) is 17.1 Å². The number of aromatic nitrogens is 2. The summed E-state index contributed by atoms with van der Waals surface area (Å²) in [7, 11) is 0. The molecule has 1 radical (unpaired) electrons. The van der Waals surface area contributed by atoms with Crippen LogP contribution in [0.2, 0.25) is 0 Å². The van der Waals surface area contributed by atoms with Crippen molar-refractivity contribution in [2.75, 3.05) is 0 Å². The highest BCUT2D eigenvalue weighted by molar-refractivity contribution is 7.16. The largest absolute Gasteiger partial charge is 0.255 e. The fourth-order valence-electron chi connectivity index (χ4n) is 1.21. The molecule has 3 heteroatoms. The minimum Gasteiger partial charge on any atom is -0.255 e. The molecule has 0 unspecified atom stereocenters. The number of thiophene rings is 1. The molecule has 2 rings (SSSR count). The highest BCUT2D eigenvalue weighted by atomic mass is 32.1. The Morgan fingerprint density at radius 3 is 3.27 bits per heavy atom. The quantitative estimate of drug-likeness (QED) is 0.633. The van der Waals surface area contributed by atoms with Gasteiger partial charge in [-0.2, -0.15) is 5.10 Å². The first-order valence-electron chi connectivity index (χ1n) is 3.66. The van der Waals surface area contributed by atoms with Crippen molar-refractivity contribution in [3.63, 3.8) is 0 Å². The smallest absolute Gasteiger partial charge is 0.122 e. The van der Waals surface area contributed by atoms with Crippen LogP contribution in [0.5, 0.6) is 0 Å². The second-order valence-electron chi connectivity index (χ2n) is 2.48. The maximum absolute atomic E-state index is 4.38. The molecule has 2 heterocycles. The predicted octanol–water partition coefficient (Wildman–Crippen LogP) is 2.23. The van der Waals surface area contributed by atoms with E-state index in [2.05, 4.69) is 17.4 Å². The Morgan fingerprint density at radius 2 is 2.55 bits per heavy atom. The van der Waals surface area contributed by atoms with Crippen LogP contribution in [0.4, 0.5) is 0 Å². The SMILES string of the molecule is CCn1nc(C)c2c[c]sc21. The predicted molar refractivity (Wildman–Crippen MR) is 46.9 cm³/mol. The molecule has 0 aliphatic carbocycles. The molecule has 57 valence electrons. The van der Waals surface area contributed by atoms with Crippen LogP contribution in [0.1, 0.15) is 12.6 Å². The Balaban J connectivity index is 2.80. The maximum atomic E-state index is 4.38. The zero-order chi connectivity index (χ0) is 7.84. The molecular formula is C8H9N2S. The van der Waals surface area contributed by atoms with Crippen molar-refractivity contribution in [1.82, 2.24) is 9.78 Å². The van der Waals surface area contributed by atoms with Crippen LogP contribution < -0.4 is 0 Å². The van der Waals surface area contributed by atoms with Crippen molar-refractivity contribution in [3.8, 4) is 0 Å². The molecule has 0 spiro atoms. The molecule has 2 aromatic heterocycles. The molecule has 0 N–H and O–H groups in total. The van der Waals surface area contributed by atoms with Gasteiger partial charge in [0, 0.05) is 17.3 Å². The van der Waals surface area contributed by atoms with Crippen molar-refractivity contribution >= 4 is 21.6 Å². The van der Waals surface area contributed by atoms with Crippen LogP contribution in [0.25, 0.3) is 10.2 Å². The van der Waals surface area contributed by atoms with Gasteiger partial charge in [0.15, 0.2) is 0 Å². The minimum atomic E-state index is 0.943. The number of aryl methyl sites for hydroxylation is 2. The van der Waals surface area contributed by atoms with Crippen LogP contribution >= 0.6 is 11.3 Å². The zero-order valence-corrected chi connectivity index (χ0v) is 7.40. The maximum Gasteiger partial charge on any atom is 0.122 e. The number of nitrogens with zero attached hydrogens (tertiary/aromatic N) is 2. The van der Waals surface area contributed by atoms with Crippen LogP contribution in [-0.2, 0) is 6.54 Å². The van der Waals surface area contributed by atoms with Crippen LogP contribution in [0.15, 0.2) is 6.07 Å². The van der Waals surface area contributed by atoms with Gasteiger partial charge in [0.25, 0.3) is 0 Å². The highest BCUT2D eigenvalue weighted by Crippen LogP contribution is 2.22. The van der Waals surface area contributed by atoms with Gasteiger partial charge in [-0.15, -0.1) is 11.3 Å². The summed E-state index contributed by atoms with van der Waals surface area (Å²) in [5.41, 5.74) is 1.11. The van der Waals surface area contributed by atoms with Gasteiger partial charge in [-0.05, 0) is 19.9 Å². The highest BCUT2D eigenvalue weighted by Gasteiger charge is 2.05. The molecule has 0 aliphatic rings. The molecule has 0 amide bonds. The Kier molecular flexibility index (Phi) is 1.46. The van der Waals surface area contributed by atoms with Gasteiger partial charge < -0.3 is 0 Å². The summed E-state index contributed by atoms with van der Waals surface area (Å²) in [5.74, 6) is 0. The number of hydrogen-bond acceptors (Lipinski definition) is 2. The minimum absolute atomic E-state index is 0.943. The van der Waals surface area contributed by atoms with Gasteiger partial charge in [-0.25, -0.2) is 0 Å². The molecule has 0 saturated carbocycles. The second kappa shape index (κ2) is 2.34. The Morgan fingerprint density at radius 1 is 1.73 bits per heavy atom. The third-order valence-corrected chi connectivity index (χ3v) is 2.64. The number of fused-ring (bicyclic) bond motifs is 1. The molecule has 2 nitrogen and oxygen atoms in total. The standard InChI is InChI=1S/C8H9N2S/c1-3-10-8-7(4-5-11-8)6(2)9-10/h4H,3H2,1-2H3. The summed E-state index contributed by atoms with van der Waals surface area (Å²) in [6, 6.07) is 2.01. The average Bonchev–Trinajstić information content (AvgIpc) is 2.54. The summed E-state index contributed by atoms with van der Waals surface area (Å²) in [5, 5.41) is 8.74. The summed E-state index contributed by atoms with van der Waals surface area (Å²) in [6.45, 7) is 5.08. The molecule has 0 fully saturated rings. The lowest BCUT2D eigenvalue weighted by Crippen LogP contribution is -1.94. The third kappa shape index (κ3) is 0.878. The fraction of sp³-hybridized carbons (Fsp3) is 0.375.